The smallest absolute Gasteiger partial charge is 0.468 e. The third-order valence-corrected chi connectivity index (χ3v) is 5.02. The number of likely N-dealkylation sites (N-methyl/N-ethyl adjacent to an activating group) is 1. The molecule has 0 amide bonds. The van der Waals surface area contributed by atoms with Gasteiger partial charge in [0, 0.05) is 6.54 Å². The summed E-state index contributed by atoms with van der Waals surface area (Å²) in [4.78, 5) is 25.2. The summed E-state index contributed by atoms with van der Waals surface area (Å²) >= 11 is 0. The fourth-order valence-electron chi connectivity index (χ4n) is 3.39. The van der Waals surface area contributed by atoms with Gasteiger partial charge in [0.05, 0.1) is 7.11 Å². The Bertz CT molecular complexity index is 1010. The summed E-state index contributed by atoms with van der Waals surface area (Å²) in [5.74, 6) is -0.591. The van der Waals surface area contributed by atoms with Gasteiger partial charge in [0.25, 0.3) is 0 Å². The minimum atomic E-state index is -4.77. The molecule has 2 N–H and O–H groups in total. The van der Waals surface area contributed by atoms with E-state index in [0.717, 1.165) is 0 Å². The quantitative estimate of drug-likeness (QED) is 0.234. The van der Waals surface area contributed by atoms with Gasteiger partial charge in [-0.1, -0.05) is 24.3 Å². The predicted octanol–water partition coefficient (Wildman–Crippen LogP) is 0.756. The Morgan fingerprint density at radius 2 is 1.83 bits per heavy atom. The molecule has 0 aliphatic carbocycles. The molecule has 0 spiro atoms. The van der Waals surface area contributed by atoms with Crippen molar-refractivity contribution in [2.45, 2.75) is 31.5 Å². The Labute approximate surface area is 217 Å². The molecule has 5 nitrogen and oxygen atoms in total. The third kappa shape index (κ3) is 10.0. The van der Waals surface area contributed by atoms with Crippen molar-refractivity contribution in [2.24, 2.45) is 5.73 Å². The second-order valence-corrected chi connectivity index (χ2v) is 7.95. The van der Waals surface area contributed by atoms with Crippen molar-refractivity contribution >= 4 is 17.8 Å². The fourth-order valence-corrected chi connectivity index (χ4v) is 3.39. The monoisotopic (exact) mass is 482 g/mol. The maximum Gasteiger partial charge on any atom is 1.00 e. The third-order valence-electron chi connectivity index (χ3n) is 5.02. The number of nitrogens with zero attached hydrogens (tertiary/aromatic N) is 1. The van der Waals surface area contributed by atoms with Crippen LogP contribution in [0.4, 0.5) is 13.2 Å². The number of nitrogens with two attached hydrogens (primary N) is 1. The van der Waals surface area contributed by atoms with Crippen LogP contribution in [0.15, 0.2) is 48.0 Å². The van der Waals surface area contributed by atoms with Crippen LogP contribution in [0.5, 0.6) is 0 Å². The molecule has 0 saturated carbocycles. The molecule has 0 fully saturated rings. The SMILES string of the molecule is COC(=O)[C@@H](N)Cc1cccc(C/C([C-]=O)=C(/c2[c-]ccc(CCN(C)C)c2)C(F)(F)F)c1.[CH3-].[Li+]. The van der Waals surface area contributed by atoms with Gasteiger partial charge in [-0.3, -0.25) is 4.79 Å². The first-order valence-electron chi connectivity index (χ1n) is 10.3. The largest absolute Gasteiger partial charge is 1.00 e. The van der Waals surface area contributed by atoms with Gasteiger partial charge in [-0.25, -0.2) is 0 Å². The van der Waals surface area contributed by atoms with Gasteiger partial charge in [0.1, 0.15) is 6.04 Å². The number of allylic oxidation sites excluding steroid dienone is 2. The number of hydrogen-bond acceptors (Lipinski definition) is 5. The molecule has 0 radical (unpaired) electrons. The molecule has 186 valence electrons. The summed E-state index contributed by atoms with van der Waals surface area (Å²) in [5, 5.41) is 0. The van der Waals surface area contributed by atoms with E-state index < -0.39 is 29.3 Å². The van der Waals surface area contributed by atoms with Crippen LogP contribution in [0.1, 0.15) is 22.3 Å². The Morgan fingerprint density at radius 3 is 2.40 bits per heavy atom. The molecular weight excluding hydrogens is 452 g/mol. The summed E-state index contributed by atoms with van der Waals surface area (Å²) in [6.07, 6.45) is -2.85. The van der Waals surface area contributed by atoms with Crippen LogP contribution in [-0.4, -0.2) is 57.1 Å². The number of alkyl halides is 3. The predicted molar refractivity (Wildman–Crippen MR) is 126 cm³/mol. The van der Waals surface area contributed by atoms with Crippen LogP contribution in [0.25, 0.3) is 5.57 Å². The molecule has 0 heterocycles. The zero-order chi connectivity index (χ0) is 24.6. The summed E-state index contributed by atoms with van der Waals surface area (Å²) < 4.78 is 46.7. The van der Waals surface area contributed by atoms with E-state index in [1.165, 1.54) is 25.5 Å². The number of methoxy groups -OCH3 is 1. The normalized spacial score (nSPS) is 12.7. The summed E-state index contributed by atoms with van der Waals surface area (Å²) in [5.41, 5.74) is 5.83. The van der Waals surface area contributed by atoms with E-state index in [1.54, 1.807) is 30.3 Å². The number of carbonyl (C=O) groups excluding carboxylic acids is 2. The van der Waals surface area contributed by atoms with Crippen molar-refractivity contribution in [3.05, 3.63) is 83.8 Å². The second-order valence-electron chi connectivity index (χ2n) is 7.95. The molecule has 2 aromatic rings. The second kappa shape index (κ2) is 14.9. The fraction of sp³-hybridized carbons (Fsp3) is 0.346. The number of esters is 1. The van der Waals surface area contributed by atoms with Crippen molar-refractivity contribution in [3.63, 3.8) is 0 Å². The van der Waals surface area contributed by atoms with E-state index in [1.807, 2.05) is 19.0 Å². The maximum atomic E-state index is 14.0. The van der Waals surface area contributed by atoms with Crippen molar-refractivity contribution in [1.82, 2.24) is 4.90 Å². The van der Waals surface area contributed by atoms with Gasteiger partial charge in [-0.15, -0.1) is 41.0 Å². The van der Waals surface area contributed by atoms with Crippen molar-refractivity contribution in [2.75, 3.05) is 27.7 Å². The average Bonchev–Trinajstić information content (AvgIpc) is 2.76. The van der Waals surface area contributed by atoms with Gasteiger partial charge >= 0.3 is 31.0 Å². The van der Waals surface area contributed by atoms with Crippen LogP contribution < -0.4 is 24.6 Å². The van der Waals surface area contributed by atoms with Gasteiger partial charge in [-0.2, -0.15) is 13.2 Å². The van der Waals surface area contributed by atoms with Crippen LogP contribution in [-0.2, 0) is 33.6 Å². The number of ether oxygens (including phenoxy) is 1. The molecule has 2 aromatic carbocycles. The van der Waals surface area contributed by atoms with Crippen LogP contribution in [0.2, 0.25) is 0 Å². The number of carbonyl (C=O) groups is 1. The van der Waals surface area contributed by atoms with Gasteiger partial charge < -0.3 is 27.6 Å². The number of rotatable bonds is 10. The van der Waals surface area contributed by atoms with E-state index in [9.17, 15) is 22.8 Å². The van der Waals surface area contributed by atoms with Gasteiger partial charge in [-0.05, 0) is 56.3 Å². The zero-order valence-electron chi connectivity index (χ0n) is 20.8. The Kier molecular flexibility index (Phi) is 13.9. The molecular formula is C26H30F3LiN2O3-2. The van der Waals surface area contributed by atoms with E-state index in [4.69, 9.17) is 5.73 Å². The zero-order valence-corrected chi connectivity index (χ0v) is 20.8. The molecule has 0 unspecified atom stereocenters. The van der Waals surface area contributed by atoms with E-state index in [-0.39, 0.29) is 44.7 Å². The Hall–Kier alpha value is -2.37. The first-order chi connectivity index (χ1) is 15.5. The number of halogens is 3. The van der Waals surface area contributed by atoms with Crippen LogP contribution in [0.3, 0.4) is 0 Å². The Balaban J connectivity index is 0.00000578. The molecule has 0 aromatic heterocycles. The molecule has 0 saturated heterocycles. The van der Waals surface area contributed by atoms with Crippen molar-refractivity contribution < 1.29 is 46.4 Å². The topological polar surface area (TPSA) is 72.6 Å². The first kappa shape index (κ1) is 32.6. The van der Waals surface area contributed by atoms with E-state index in [0.29, 0.717) is 29.7 Å². The van der Waals surface area contributed by atoms with E-state index in [2.05, 4.69) is 10.8 Å². The summed E-state index contributed by atoms with van der Waals surface area (Å²) in [6, 6.07) is 12.8. The number of benzene rings is 2. The van der Waals surface area contributed by atoms with Gasteiger partial charge in [0.2, 0.25) is 0 Å². The number of hydrogen-bond donors (Lipinski definition) is 1. The molecule has 1 atom stereocenters. The molecule has 0 bridgehead atoms. The molecule has 0 aliphatic heterocycles. The average molecular weight is 482 g/mol. The molecule has 2 rings (SSSR count). The van der Waals surface area contributed by atoms with Gasteiger partial charge in [0.15, 0.2) is 0 Å². The summed E-state index contributed by atoms with van der Waals surface area (Å²) in [6.45, 7) is 0.668. The van der Waals surface area contributed by atoms with Crippen LogP contribution >= 0.6 is 0 Å². The standard InChI is InChI=1S/C25H27F3N2O3.CH3.Li/c1-30(2)11-10-17-6-5-9-20(13-17)23(25(26,27)28)21(16-31)14-18-7-4-8-19(12-18)15-22(29)24(32)33-3;;/h4-8,12-13,22H,10-11,14-15,29H2,1-3H3;1H3;/q-2;-1;+1/b23-21+;;/t22-;;/m0../s1. The Morgan fingerprint density at radius 1 is 1.17 bits per heavy atom. The van der Waals surface area contributed by atoms with Crippen molar-refractivity contribution in [3.8, 4) is 0 Å². The minimum Gasteiger partial charge on any atom is -0.468 e. The van der Waals surface area contributed by atoms with E-state index >= 15 is 0 Å². The molecule has 35 heavy (non-hydrogen) atoms. The molecule has 9 heteroatoms. The van der Waals surface area contributed by atoms with Crippen molar-refractivity contribution in [1.29, 1.82) is 0 Å². The minimum absolute atomic E-state index is 0. The summed E-state index contributed by atoms with van der Waals surface area (Å²) in [7, 11) is 4.98. The van der Waals surface area contributed by atoms with Crippen LogP contribution in [0, 0.1) is 13.5 Å². The first-order valence-corrected chi connectivity index (χ1v) is 10.3. The molecule has 0 aliphatic rings. The maximum absolute atomic E-state index is 14.0.